The summed E-state index contributed by atoms with van der Waals surface area (Å²) in [7, 11) is 0. The second-order valence-corrected chi connectivity index (χ2v) is 5.54. The molecule has 0 aromatic heterocycles. The van der Waals surface area contributed by atoms with Gasteiger partial charge in [-0.3, -0.25) is 0 Å². The molecule has 0 aliphatic carbocycles. The topological polar surface area (TPSA) is 0 Å². The third-order valence-corrected chi connectivity index (χ3v) is 4.12. The van der Waals surface area contributed by atoms with E-state index in [9.17, 15) is 0 Å². The van der Waals surface area contributed by atoms with Crippen molar-refractivity contribution < 1.29 is 0 Å². The van der Waals surface area contributed by atoms with Crippen LogP contribution in [0.1, 0.15) is 25.0 Å². The number of alkyl halides is 1. The summed E-state index contributed by atoms with van der Waals surface area (Å²) in [6.07, 6.45) is 1.01. The van der Waals surface area contributed by atoms with E-state index in [0.29, 0.717) is 0 Å². The second kappa shape index (κ2) is 4.67. The van der Waals surface area contributed by atoms with Gasteiger partial charge in [-0.15, -0.1) is 0 Å². The zero-order valence-electron chi connectivity index (χ0n) is 8.90. The minimum absolute atomic E-state index is 0.261. The van der Waals surface area contributed by atoms with Crippen molar-refractivity contribution in [2.75, 3.05) is 5.33 Å². The van der Waals surface area contributed by atoms with E-state index in [1.165, 1.54) is 11.1 Å². The Morgan fingerprint density at radius 3 is 2.57 bits per heavy atom. The lowest BCUT2D eigenvalue weighted by Crippen LogP contribution is -2.16. The van der Waals surface area contributed by atoms with Gasteiger partial charge in [0.2, 0.25) is 0 Å². The zero-order valence-corrected chi connectivity index (χ0v) is 11.2. The molecule has 78 valence electrons. The number of aryl methyl sites for hydroxylation is 1. The summed E-state index contributed by atoms with van der Waals surface area (Å²) in [6, 6.07) is 6.20. The summed E-state index contributed by atoms with van der Waals surface area (Å²) in [5, 5.41) is 1.87. The van der Waals surface area contributed by atoms with Crippen molar-refractivity contribution in [2.24, 2.45) is 5.41 Å². The van der Waals surface area contributed by atoms with Gasteiger partial charge in [0.1, 0.15) is 0 Å². The van der Waals surface area contributed by atoms with Crippen molar-refractivity contribution in [3.05, 3.63) is 34.3 Å². The molecule has 1 aromatic carbocycles. The van der Waals surface area contributed by atoms with Crippen LogP contribution in [0.5, 0.6) is 0 Å². The Morgan fingerprint density at radius 2 is 2.00 bits per heavy atom. The fourth-order valence-corrected chi connectivity index (χ4v) is 1.78. The normalized spacial score (nSPS) is 11.8. The second-order valence-electron chi connectivity index (χ2n) is 4.57. The zero-order chi connectivity index (χ0) is 10.8. The van der Waals surface area contributed by atoms with E-state index in [0.717, 1.165) is 16.8 Å². The molecule has 0 bridgehead atoms. The van der Waals surface area contributed by atoms with Gasteiger partial charge in [0, 0.05) is 10.4 Å². The largest absolute Gasteiger partial charge is 0.0922 e. The highest BCUT2D eigenvalue weighted by atomic mass is 79.9. The highest BCUT2D eigenvalue weighted by molar-refractivity contribution is 9.09. The van der Waals surface area contributed by atoms with Crippen LogP contribution in [0.4, 0.5) is 0 Å². The molecule has 0 N–H and O–H groups in total. The Bertz CT molecular complexity index is 318. The van der Waals surface area contributed by atoms with Gasteiger partial charge in [-0.25, -0.2) is 0 Å². The van der Waals surface area contributed by atoms with E-state index in [-0.39, 0.29) is 5.41 Å². The first-order chi connectivity index (χ1) is 6.44. The summed E-state index contributed by atoms with van der Waals surface area (Å²) < 4.78 is 0. The third kappa shape index (κ3) is 3.29. The van der Waals surface area contributed by atoms with Crippen LogP contribution in [0, 0.1) is 12.3 Å². The molecule has 0 unspecified atom stereocenters. The monoisotopic (exact) mass is 274 g/mol. The van der Waals surface area contributed by atoms with Crippen molar-refractivity contribution in [1.82, 2.24) is 0 Å². The Labute approximate surface area is 99.8 Å². The molecule has 0 aliphatic rings. The molecule has 1 rings (SSSR count). The van der Waals surface area contributed by atoms with Gasteiger partial charge >= 0.3 is 0 Å². The fourth-order valence-electron chi connectivity index (χ4n) is 1.40. The summed E-state index contributed by atoms with van der Waals surface area (Å²) in [4.78, 5) is 0. The molecular formula is C12H16BrCl. The molecule has 0 fully saturated rings. The predicted molar refractivity (Wildman–Crippen MR) is 67.5 cm³/mol. The number of halogens is 2. The van der Waals surface area contributed by atoms with Crippen molar-refractivity contribution >= 4 is 27.5 Å². The van der Waals surface area contributed by atoms with Gasteiger partial charge < -0.3 is 0 Å². The quantitative estimate of drug-likeness (QED) is 0.707. The van der Waals surface area contributed by atoms with Gasteiger partial charge in [0.25, 0.3) is 0 Å². The Hall–Kier alpha value is -0.0100. The molecule has 1 aromatic rings. The van der Waals surface area contributed by atoms with Crippen molar-refractivity contribution in [3.8, 4) is 0 Å². The first-order valence-corrected chi connectivity index (χ1v) is 6.25. The molecule has 0 amide bonds. The molecule has 14 heavy (non-hydrogen) atoms. The fraction of sp³-hybridized carbons (Fsp3) is 0.500. The third-order valence-electron chi connectivity index (χ3n) is 2.23. The Balaban J connectivity index is 2.91. The van der Waals surface area contributed by atoms with Crippen LogP contribution >= 0.6 is 27.5 Å². The average Bonchev–Trinajstić information content (AvgIpc) is 2.11. The smallest absolute Gasteiger partial charge is 0.0438 e. The van der Waals surface area contributed by atoms with E-state index < -0.39 is 0 Å². The van der Waals surface area contributed by atoms with E-state index in [2.05, 4.69) is 42.8 Å². The van der Waals surface area contributed by atoms with Crippen LogP contribution in [0.3, 0.4) is 0 Å². The molecule has 0 aliphatic heterocycles. The van der Waals surface area contributed by atoms with Crippen molar-refractivity contribution in [2.45, 2.75) is 27.2 Å². The summed E-state index contributed by atoms with van der Waals surface area (Å²) in [5.74, 6) is 0. The molecule has 0 saturated carbocycles. The molecule has 0 spiro atoms. The van der Waals surface area contributed by atoms with Crippen LogP contribution in [-0.2, 0) is 6.42 Å². The summed E-state index contributed by atoms with van der Waals surface area (Å²) in [6.45, 7) is 6.57. The average molecular weight is 276 g/mol. The standard InChI is InChI=1S/C12H16BrCl/c1-9-4-5-11(14)10(6-9)7-12(2,3)8-13/h4-6H,7-8H2,1-3H3. The van der Waals surface area contributed by atoms with Crippen LogP contribution in [0.25, 0.3) is 0 Å². The lowest BCUT2D eigenvalue weighted by molar-refractivity contribution is 0.425. The molecule has 0 saturated heterocycles. The van der Waals surface area contributed by atoms with Crippen molar-refractivity contribution in [1.29, 1.82) is 0 Å². The molecule has 0 radical (unpaired) electrons. The number of benzene rings is 1. The van der Waals surface area contributed by atoms with Gasteiger partial charge in [-0.1, -0.05) is 59.1 Å². The minimum Gasteiger partial charge on any atom is -0.0922 e. The lowest BCUT2D eigenvalue weighted by Gasteiger charge is -2.22. The van der Waals surface area contributed by atoms with Crippen LogP contribution in [-0.4, -0.2) is 5.33 Å². The molecule has 2 heteroatoms. The number of rotatable bonds is 3. The summed E-state index contributed by atoms with van der Waals surface area (Å²) >= 11 is 9.67. The maximum Gasteiger partial charge on any atom is 0.0438 e. The maximum absolute atomic E-state index is 6.14. The number of hydrogen-bond donors (Lipinski definition) is 0. The van der Waals surface area contributed by atoms with Gasteiger partial charge in [-0.05, 0) is 30.4 Å². The Morgan fingerprint density at radius 1 is 1.36 bits per heavy atom. The number of hydrogen-bond acceptors (Lipinski definition) is 0. The van der Waals surface area contributed by atoms with Crippen LogP contribution in [0.15, 0.2) is 18.2 Å². The van der Waals surface area contributed by atoms with Crippen molar-refractivity contribution in [3.63, 3.8) is 0 Å². The SMILES string of the molecule is Cc1ccc(Cl)c(CC(C)(C)CBr)c1. The van der Waals surface area contributed by atoms with Gasteiger partial charge in [0.15, 0.2) is 0 Å². The van der Waals surface area contributed by atoms with E-state index in [1.54, 1.807) is 0 Å². The van der Waals surface area contributed by atoms with Crippen LogP contribution < -0.4 is 0 Å². The van der Waals surface area contributed by atoms with Gasteiger partial charge in [0.05, 0.1) is 0 Å². The minimum atomic E-state index is 0.261. The molecule has 0 nitrogen and oxygen atoms in total. The first kappa shape index (κ1) is 12.1. The lowest BCUT2D eigenvalue weighted by atomic mass is 9.87. The van der Waals surface area contributed by atoms with E-state index in [4.69, 9.17) is 11.6 Å². The van der Waals surface area contributed by atoms with E-state index in [1.807, 2.05) is 12.1 Å². The first-order valence-electron chi connectivity index (χ1n) is 4.75. The molecular weight excluding hydrogens is 259 g/mol. The Kier molecular flexibility index (Phi) is 4.03. The highest BCUT2D eigenvalue weighted by Crippen LogP contribution is 2.28. The highest BCUT2D eigenvalue weighted by Gasteiger charge is 2.18. The van der Waals surface area contributed by atoms with Crippen LogP contribution in [0.2, 0.25) is 5.02 Å². The maximum atomic E-state index is 6.14. The molecule has 0 atom stereocenters. The molecule has 0 heterocycles. The summed E-state index contributed by atoms with van der Waals surface area (Å²) in [5.41, 5.74) is 2.78. The predicted octanol–water partition coefficient (Wildman–Crippen LogP) is 4.61. The van der Waals surface area contributed by atoms with E-state index >= 15 is 0 Å². The van der Waals surface area contributed by atoms with Gasteiger partial charge in [-0.2, -0.15) is 0 Å².